The molecule has 0 aliphatic heterocycles. The lowest BCUT2D eigenvalue weighted by atomic mass is 10.2. The van der Waals surface area contributed by atoms with E-state index in [9.17, 15) is 8.42 Å². The molecule has 0 saturated heterocycles. The number of nitrogens with zero attached hydrogens (tertiary/aromatic N) is 1. The van der Waals surface area contributed by atoms with Gasteiger partial charge in [-0.15, -0.1) is 0 Å². The maximum absolute atomic E-state index is 12.2. The van der Waals surface area contributed by atoms with Crippen molar-refractivity contribution >= 4 is 16.2 Å². The van der Waals surface area contributed by atoms with Gasteiger partial charge >= 0.3 is 0 Å². The molecule has 0 unspecified atom stereocenters. The van der Waals surface area contributed by atoms with Crippen molar-refractivity contribution in [3.8, 4) is 17.2 Å². The van der Waals surface area contributed by atoms with E-state index in [1.165, 1.54) is 32.6 Å². The highest BCUT2D eigenvalue weighted by Crippen LogP contribution is 2.22. The van der Waals surface area contributed by atoms with E-state index in [0.29, 0.717) is 29.4 Å². The Kier molecular flexibility index (Phi) is 6.24. The number of ether oxygens (including phenoxy) is 3. The van der Waals surface area contributed by atoms with Gasteiger partial charge in [0.05, 0.1) is 31.9 Å². The predicted octanol–water partition coefficient (Wildman–Crippen LogP) is 2.41. The van der Waals surface area contributed by atoms with E-state index in [1.807, 2.05) is 6.92 Å². The summed E-state index contributed by atoms with van der Waals surface area (Å²) in [4.78, 5) is 2.26. The van der Waals surface area contributed by atoms with Crippen molar-refractivity contribution in [2.45, 2.75) is 11.8 Å². The highest BCUT2D eigenvalue weighted by molar-refractivity contribution is 7.89. The first-order valence-electron chi connectivity index (χ1n) is 7.50. The lowest BCUT2D eigenvalue weighted by Crippen LogP contribution is -2.18. The molecule has 0 bridgehead atoms. The molecular weight excluding hydrogens is 344 g/mol. The maximum atomic E-state index is 12.2. The molecule has 0 heterocycles. The minimum atomic E-state index is -3.77. The number of nitrogens with one attached hydrogen (secondary N) is 1. The van der Waals surface area contributed by atoms with Gasteiger partial charge in [-0.3, -0.25) is 0 Å². The van der Waals surface area contributed by atoms with Gasteiger partial charge in [0, 0.05) is 5.56 Å². The molecule has 134 valence electrons. The molecule has 1 N–H and O–H groups in total. The van der Waals surface area contributed by atoms with Gasteiger partial charge in [-0.2, -0.15) is 13.5 Å². The van der Waals surface area contributed by atoms with E-state index in [2.05, 4.69) is 9.93 Å². The average Bonchev–Trinajstić information content (AvgIpc) is 2.62. The van der Waals surface area contributed by atoms with Crippen LogP contribution in [0.15, 0.2) is 52.5 Å². The van der Waals surface area contributed by atoms with Crippen LogP contribution in [0.4, 0.5) is 0 Å². The zero-order chi connectivity index (χ0) is 18.3. The van der Waals surface area contributed by atoms with Gasteiger partial charge in [0.1, 0.15) is 17.2 Å². The molecule has 0 amide bonds. The molecule has 8 heteroatoms. The summed E-state index contributed by atoms with van der Waals surface area (Å²) in [5.74, 6) is 1.76. The summed E-state index contributed by atoms with van der Waals surface area (Å²) >= 11 is 0. The molecule has 7 nitrogen and oxygen atoms in total. The topological polar surface area (TPSA) is 86.2 Å². The summed E-state index contributed by atoms with van der Waals surface area (Å²) in [7, 11) is -0.717. The van der Waals surface area contributed by atoms with Crippen molar-refractivity contribution in [2.75, 3.05) is 20.8 Å². The Balaban J connectivity index is 2.15. The Morgan fingerprint density at radius 1 is 1.04 bits per heavy atom. The smallest absolute Gasteiger partial charge is 0.276 e. The third kappa shape index (κ3) is 4.87. The fourth-order valence-electron chi connectivity index (χ4n) is 2.04. The van der Waals surface area contributed by atoms with E-state index in [0.717, 1.165) is 0 Å². The van der Waals surface area contributed by atoms with Crippen LogP contribution in [0.25, 0.3) is 0 Å². The summed E-state index contributed by atoms with van der Waals surface area (Å²) in [6.45, 7) is 2.37. The summed E-state index contributed by atoms with van der Waals surface area (Å²) in [6, 6.07) is 11.2. The molecule has 0 aliphatic rings. The van der Waals surface area contributed by atoms with Gasteiger partial charge in [-0.25, -0.2) is 4.83 Å². The van der Waals surface area contributed by atoms with Gasteiger partial charge in [0.25, 0.3) is 10.0 Å². The monoisotopic (exact) mass is 364 g/mol. The molecule has 0 saturated carbocycles. The van der Waals surface area contributed by atoms with E-state index < -0.39 is 10.0 Å². The van der Waals surface area contributed by atoms with Crippen molar-refractivity contribution < 1.29 is 22.6 Å². The molecule has 0 fully saturated rings. The molecule has 2 aromatic rings. The molecule has 25 heavy (non-hydrogen) atoms. The van der Waals surface area contributed by atoms with Crippen LogP contribution in [0, 0.1) is 0 Å². The summed E-state index contributed by atoms with van der Waals surface area (Å²) in [5, 5.41) is 3.80. The first kappa shape index (κ1) is 18.6. The van der Waals surface area contributed by atoms with Crippen LogP contribution in [0.1, 0.15) is 12.5 Å². The number of rotatable bonds is 8. The standard InChI is InChI=1S/C17H20N2O5S/c1-4-24-14-5-8-16(9-6-14)25(20,21)19-18-12-13-11-15(22-2)7-10-17(13)23-3/h5-12,19H,4H2,1-3H3/b18-12+. The second kappa shape index (κ2) is 8.39. The van der Waals surface area contributed by atoms with Gasteiger partial charge in [0.15, 0.2) is 0 Å². The summed E-state index contributed by atoms with van der Waals surface area (Å²) in [5.41, 5.74) is 0.580. The quantitative estimate of drug-likeness (QED) is 0.574. The van der Waals surface area contributed by atoms with Crippen LogP contribution < -0.4 is 19.0 Å². The lowest BCUT2D eigenvalue weighted by Gasteiger charge is -2.08. The van der Waals surface area contributed by atoms with Crippen LogP contribution in [-0.4, -0.2) is 35.5 Å². The molecule has 0 radical (unpaired) electrons. The molecule has 0 atom stereocenters. The molecule has 2 rings (SSSR count). The van der Waals surface area contributed by atoms with Crippen LogP contribution in [0.3, 0.4) is 0 Å². The Labute approximate surface area is 147 Å². The Morgan fingerprint density at radius 2 is 1.72 bits per heavy atom. The molecule has 0 spiro atoms. The maximum Gasteiger partial charge on any atom is 0.276 e. The number of benzene rings is 2. The number of methoxy groups -OCH3 is 2. The minimum absolute atomic E-state index is 0.0886. The summed E-state index contributed by atoms with van der Waals surface area (Å²) in [6.07, 6.45) is 1.35. The van der Waals surface area contributed by atoms with Gasteiger partial charge in [-0.05, 0) is 49.4 Å². The first-order valence-corrected chi connectivity index (χ1v) is 8.98. The van der Waals surface area contributed by atoms with Gasteiger partial charge in [0.2, 0.25) is 0 Å². The predicted molar refractivity (Wildman–Crippen MR) is 95.1 cm³/mol. The third-order valence-electron chi connectivity index (χ3n) is 3.26. The second-order valence-electron chi connectivity index (χ2n) is 4.87. The normalized spacial score (nSPS) is 11.3. The Bertz CT molecular complexity index is 833. The fraction of sp³-hybridized carbons (Fsp3) is 0.235. The number of hydrazone groups is 1. The zero-order valence-electron chi connectivity index (χ0n) is 14.2. The van der Waals surface area contributed by atoms with Crippen molar-refractivity contribution in [3.05, 3.63) is 48.0 Å². The molecular formula is C17H20N2O5S. The van der Waals surface area contributed by atoms with Crippen molar-refractivity contribution in [1.29, 1.82) is 0 Å². The Morgan fingerprint density at radius 3 is 2.32 bits per heavy atom. The number of hydrogen-bond donors (Lipinski definition) is 1. The Hall–Kier alpha value is -2.74. The first-order chi connectivity index (χ1) is 12.0. The van der Waals surface area contributed by atoms with Crippen LogP contribution in [-0.2, 0) is 10.0 Å². The van der Waals surface area contributed by atoms with E-state index in [-0.39, 0.29) is 4.90 Å². The van der Waals surface area contributed by atoms with Crippen molar-refractivity contribution in [2.24, 2.45) is 5.10 Å². The highest BCUT2D eigenvalue weighted by atomic mass is 32.2. The molecule has 0 aliphatic carbocycles. The zero-order valence-corrected chi connectivity index (χ0v) is 15.0. The lowest BCUT2D eigenvalue weighted by molar-refractivity contribution is 0.340. The van der Waals surface area contributed by atoms with Crippen molar-refractivity contribution in [1.82, 2.24) is 4.83 Å². The molecule has 2 aromatic carbocycles. The number of hydrogen-bond acceptors (Lipinski definition) is 6. The van der Waals surface area contributed by atoms with Gasteiger partial charge < -0.3 is 14.2 Å². The van der Waals surface area contributed by atoms with E-state index in [4.69, 9.17) is 14.2 Å². The minimum Gasteiger partial charge on any atom is -0.497 e. The van der Waals surface area contributed by atoms with Crippen molar-refractivity contribution in [3.63, 3.8) is 0 Å². The third-order valence-corrected chi connectivity index (χ3v) is 4.50. The average molecular weight is 364 g/mol. The summed E-state index contributed by atoms with van der Waals surface area (Å²) < 4.78 is 40.1. The van der Waals surface area contributed by atoms with Crippen LogP contribution >= 0.6 is 0 Å². The SMILES string of the molecule is CCOc1ccc(S(=O)(=O)N/N=C/c2cc(OC)ccc2OC)cc1. The van der Waals surface area contributed by atoms with E-state index in [1.54, 1.807) is 30.3 Å². The highest BCUT2D eigenvalue weighted by Gasteiger charge is 2.12. The van der Waals surface area contributed by atoms with Crippen LogP contribution in [0.5, 0.6) is 17.2 Å². The molecule has 0 aromatic heterocycles. The van der Waals surface area contributed by atoms with Crippen LogP contribution in [0.2, 0.25) is 0 Å². The van der Waals surface area contributed by atoms with E-state index >= 15 is 0 Å². The number of sulfonamides is 1. The second-order valence-corrected chi connectivity index (χ2v) is 6.53. The fourth-order valence-corrected chi connectivity index (χ4v) is 2.83. The van der Waals surface area contributed by atoms with Gasteiger partial charge in [-0.1, -0.05) is 0 Å². The largest absolute Gasteiger partial charge is 0.497 e.